The van der Waals surface area contributed by atoms with Crippen molar-refractivity contribution in [2.45, 2.75) is 33.7 Å². The Hall–Kier alpha value is -2.37. The molecule has 0 heterocycles. The standard InChI is InChI=1S/C16H23N3O3/c1-10(18-15(22)16(2,3)4)13(20)19-12-8-6-7-11(9-12)14(21)17-5/h6-10H,1-5H3,(H,17,21)(H,18,22)(H,19,20). The minimum absolute atomic E-state index is 0.200. The minimum atomic E-state index is -0.671. The van der Waals surface area contributed by atoms with Gasteiger partial charge in [0.05, 0.1) is 0 Å². The molecule has 3 N–H and O–H groups in total. The Morgan fingerprint density at radius 1 is 1.14 bits per heavy atom. The van der Waals surface area contributed by atoms with E-state index in [9.17, 15) is 14.4 Å². The van der Waals surface area contributed by atoms with Crippen LogP contribution in [-0.4, -0.2) is 30.8 Å². The third-order valence-corrected chi connectivity index (χ3v) is 3.04. The van der Waals surface area contributed by atoms with Gasteiger partial charge in [-0.2, -0.15) is 0 Å². The van der Waals surface area contributed by atoms with E-state index < -0.39 is 11.5 Å². The number of amides is 3. The Bertz CT molecular complexity index is 576. The number of hydrogen-bond donors (Lipinski definition) is 3. The molecule has 1 rings (SSSR count). The largest absolute Gasteiger partial charge is 0.355 e. The Morgan fingerprint density at radius 3 is 2.32 bits per heavy atom. The molecule has 6 heteroatoms. The molecule has 3 amide bonds. The number of rotatable bonds is 4. The van der Waals surface area contributed by atoms with E-state index in [0.717, 1.165) is 0 Å². The molecule has 0 bridgehead atoms. The summed E-state index contributed by atoms with van der Waals surface area (Å²) in [4.78, 5) is 35.5. The van der Waals surface area contributed by atoms with Crippen LogP contribution >= 0.6 is 0 Å². The lowest BCUT2D eigenvalue weighted by Gasteiger charge is -2.21. The second-order valence-corrected chi connectivity index (χ2v) is 6.09. The van der Waals surface area contributed by atoms with Gasteiger partial charge < -0.3 is 16.0 Å². The van der Waals surface area contributed by atoms with Crippen molar-refractivity contribution in [2.24, 2.45) is 5.41 Å². The van der Waals surface area contributed by atoms with Gasteiger partial charge in [0.2, 0.25) is 11.8 Å². The summed E-state index contributed by atoms with van der Waals surface area (Å²) in [6.45, 7) is 6.95. The summed E-state index contributed by atoms with van der Waals surface area (Å²) < 4.78 is 0. The van der Waals surface area contributed by atoms with Crippen molar-refractivity contribution in [3.05, 3.63) is 29.8 Å². The number of carbonyl (C=O) groups is 3. The van der Waals surface area contributed by atoms with Crippen molar-refractivity contribution in [3.63, 3.8) is 0 Å². The molecule has 6 nitrogen and oxygen atoms in total. The lowest BCUT2D eigenvalue weighted by atomic mass is 9.95. The van der Waals surface area contributed by atoms with Gasteiger partial charge in [0.15, 0.2) is 0 Å². The molecule has 1 unspecified atom stereocenters. The van der Waals surface area contributed by atoms with Crippen LogP contribution in [0.2, 0.25) is 0 Å². The SMILES string of the molecule is CNC(=O)c1cccc(NC(=O)C(C)NC(=O)C(C)(C)C)c1. The first-order chi connectivity index (χ1) is 10.1. The lowest BCUT2D eigenvalue weighted by Crippen LogP contribution is -2.46. The predicted molar refractivity (Wildman–Crippen MR) is 85.5 cm³/mol. The fraction of sp³-hybridized carbons (Fsp3) is 0.438. The molecule has 0 fully saturated rings. The van der Waals surface area contributed by atoms with E-state index in [4.69, 9.17) is 0 Å². The highest BCUT2D eigenvalue weighted by atomic mass is 16.2. The van der Waals surface area contributed by atoms with Gasteiger partial charge in [-0.05, 0) is 25.1 Å². The first kappa shape index (κ1) is 17.7. The number of hydrogen-bond acceptors (Lipinski definition) is 3. The van der Waals surface area contributed by atoms with Crippen molar-refractivity contribution in [3.8, 4) is 0 Å². The Morgan fingerprint density at radius 2 is 1.77 bits per heavy atom. The van der Waals surface area contributed by atoms with E-state index in [1.54, 1.807) is 52.0 Å². The van der Waals surface area contributed by atoms with Gasteiger partial charge in [-0.15, -0.1) is 0 Å². The van der Waals surface area contributed by atoms with Crippen LogP contribution in [0, 0.1) is 5.41 Å². The summed E-state index contributed by atoms with van der Waals surface area (Å²) in [5.74, 6) is -0.772. The maximum atomic E-state index is 12.1. The van der Waals surface area contributed by atoms with Crippen LogP contribution in [0.1, 0.15) is 38.1 Å². The molecule has 0 saturated carbocycles. The smallest absolute Gasteiger partial charge is 0.251 e. The number of carbonyl (C=O) groups excluding carboxylic acids is 3. The van der Waals surface area contributed by atoms with E-state index in [1.807, 2.05) is 0 Å². The quantitative estimate of drug-likeness (QED) is 0.788. The summed E-state index contributed by atoms with van der Waals surface area (Å²) in [6, 6.07) is 5.92. The molecule has 1 atom stereocenters. The highest BCUT2D eigenvalue weighted by Gasteiger charge is 2.25. The summed E-state index contributed by atoms with van der Waals surface area (Å²) >= 11 is 0. The molecule has 0 radical (unpaired) electrons. The van der Waals surface area contributed by atoms with Crippen molar-refractivity contribution in [1.29, 1.82) is 0 Å². The summed E-state index contributed by atoms with van der Waals surface area (Å²) in [5, 5.41) is 7.86. The van der Waals surface area contributed by atoms with Gasteiger partial charge >= 0.3 is 0 Å². The second kappa shape index (κ2) is 7.06. The average Bonchev–Trinajstić information content (AvgIpc) is 2.45. The maximum Gasteiger partial charge on any atom is 0.251 e. The van der Waals surface area contributed by atoms with E-state index in [-0.39, 0.29) is 17.7 Å². The Labute approximate surface area is 130 Å². The third-order valence-electron chi connectivity index (χ3n) is 3.04. The molecule has 1 aromatic carbocycles. The van der Waals surface area contributed by atoms with Crippen LogP contribution in [0.15, 0.2) is 24.3 Å². The summed E-state index contributed by atoms with van der Waals surface area (Å²) in [5.41, 5.74) is 0.392. The molecular formula is C16H23N3O3. The molecule has 22 heavy (non-hydrogen) atoms. The van der Waals surface area contributed by atoms with E-state index in [0.29, 0.717) is 11.3 Å². The second-order valence-electron chi connectivity index (χ2n) is 6.09. The van der Waals surface area contributed by atoms with Crippen LogP contribution in [0.25, 0.3) is 0 Å². The van der Waals surface area contributed by atoms with Crippen LogP contribution in [0.5, 0.6) is 0 Å². The average molecular weight is 305 g/mol. The zero-order valence-corrected chi connectivity index (χ0v) is 13.6. The van der Waals surface area contributed by atoms with Gasteiger partial charge in [0, 0.05) is 23.7 Å². The van der Waals surface area contributed by atoms with Crippen molar-refractivity contribution >= 4 is 23.4 Å². The fourth-order valence-electron chi connectivity index (χ4n) is 1.61. The van der Waals surface area contributed by atoms with E-state index in [1.165, 1.54) is 7.05 Å². The van der Waals surface area contributed by atoms with Gasteiger partial charge in [0.25, 0.3) is 5.91 Å². The number of anilines is 1. The molecule has 0 aliphatic rings. The molecule has 0 aromatic heterocycles. The van der Waals surface area contributed by atoms with Gasteiger partial charge in [-0.25, -0.2) is 0 Å². The molecule has 0 spiro atoms. The van der Waals surface area contributed by atoms with Crippen LogP contribution < -0.4 is 16.0 Å². The molecule has 120 valence electrons. The highest BCUT2D eigenvalue weighted by Crippen LogP contribution is 2.14. The summed E-state index contributed by atoms with van der Waals surface area (Å²) in [7, 11) is 1.54. The minimum Gasteiger partial charge on any atom is -0.355 e. The monoisotopic (exact) mass is 305 g/mol. The Balaban J connectivity index is 2.72. The first-order valence-electron chi connectivity index (χ1n) is 7.09. The summed E-state index contributed by atoms with van der Waals surface area (Å²) in [6.07, 6.45) is 0. The number of benzene rings is 1. The van der Waals surface area contributed by atoms with Gasteiger partial charge in [0.1, 0.15) is 6.04 Å². The van der Waals surface area contributed by atoms with Crippen LogP contribution in [0.3, 0.4) is 0 Å². The van der Waals surface area contributed by atoms with Crippen molar-refractivity contribution in [1.82, 2.24) is 10.6 Å². The van der Waals surface area contributed by atoms with Gasteiger partial charge in [-0.3, -0.25) is 14.4 Å². The topological polar surface area (TPSA) is 87.3 Å². The zero-order valence-electron chi connectivity index (χ0n) is 13.6. The lowest BCUT2D eigenvalue weighted by molar-refractivity contribution is -0.131. The number of nitrogens with one attached hydrogen (secondary N) is 3. The highest BCUT2D eigenvalue weighted by molar-refractivity contribution is 5.99. The van der Waals surface area contributed by atoms with E-state index >= 15 is 0 Å². The first-order valence-corrected chi connectivity index (χ1v) is 7.09. The molecule has 1 aromatic rings. The zero-order chi connectivity index (χ0) is 16.9. The van der Waals surface area contributed by atoms with Crippen LogP contribution in [-0.2, 0) is 9.59 Å². The molecular weight excluding hydrogens is 282 g/mol. The van der Waals surface area contributed by atoms with Crippen molar-refractivity contribution < 1.29 is 14.4 Å². The third kappa shape index (κ3) is 4.87. The van der Waals surface area contributed by atoms with E-state index in [2.05, 4.69) is 16.0 Å². The van der Waals surface area contributed by atoms with Gasteiger partial charge in [-0.1, -0.05) is 26.8 Å². The normalized spacial score (nSPS) is 12.2. The van der Waals surface area contributed by atoms with Crippen molar-refractivity contribution in [2.75, 3.05) is 12.4 Å². The Kier molecular flexibility index (Phi) is 5.68. The molecule has 0 aliphatic carbocycles. The predicted octanol–water partition coefficient (Wildman–Crippen LogP) is 1.54. The molecule has 0 saturated heterocycles. The maximum absolute atomic E-state index is 12.1. The fourth-order valence-corrected chi connectivity index (χ4v) is 1.61. The van der Waals surface area contributed by atoms with Crippen LogP contribution in [0.4, 0.5) is 5.69 Å². The molecule has 0 aliphatic heterocycles.